The van der Waals surface area contributed by atoms with Crippen LogP contribution in [0.25, 0.3) is 0 Å². The number of ether oxygens (including phenoxy) is 1. The van der Waals surface area contributed by atoms with E-state index in [1.807, 2.05) is 6.07 Å². The number of halogens is 2. The second kappa shape index (κ2) is 6.81. The Kier molecular flexibility index (Phi) is 5.38. The first-order valence-electron chi connectivity index (χ1n) is 6.65. The second-order valence-corrected chi connectivity index (χ2v) is 6.62. The van der Waals surface area contributed by atoms with Gasteiger partial charge in [0.1, 0.15) is 5.75 Å². The zero-order chi connectivity index (χ0) is 13.0. The van der Waals surface area contributed by atoms with Crippen molar-refractivity contribution in [1.82, 2.24) is 0 Å². The summed E-state index contributed by atoms with van der Waals surface area (Å²) < 4.78 is 6.48. The van der Waals surface area contributed by atoms with E-state index in [1.165, 1.54) is 35.7 Å². The smallest absolute Gasteiger partial charge is 0.119 e. The van der Waals surface area contributed by atoms with Crippen molar-refractivity contribution in [3.63, 3.8) is 0 Å². The predicted molar refractivity (Wildman–Crippen MR) is 80.6 cm³/mol. The third-order valence-corrected chi connectivity index (χ3v) is 4.90. The lowest BCUT2D eigenvalue weighted by Crippen LogP contribution is -2.09. The Morgan fingerprint density at radius 2 is 2.11 bits per heavy atom. The first kappa shape index (κ1) is 14.2. The van der Waals surface area contributed by atoms with Crippen LogP contribution in [0.15, 0.2) is 22.7 Å². The Balaban J connectivity index is 2.07. The highest BCUT2D eigenvalue weighted by Gasteiger charge is 2.19. The van der Waals surface area contributed by atoms with Crippen molar-refractivity contribution >= 4 is 27.5 Å². The van der Waals surface area contributed by atoms with E-state index in [1.54, 1.807) is 7.11 Å². The molecule has 100 valence electrons. The zero-order valence-electron chi connectivity index (χ0n) is 10.8. The van der Waals surface area contributed by atoms with E-state index in [4.69, 9.17) is 16.3 Å². The first-order chi connectivity index (χ1) is 8.69. The molecular formula is C15H20BrClO. The Morgan fingerprint density at radius 1 is 1.33 bits per heavy atom. The molecular weight excluding hydrogens is 312 g/mol. The number of hydrogen-bond donors (Lipinski definition) is 0. The predicted octanol–water partition coefficient (Wildman–Crippen LogP) is 5.19. The van der Waals surface area contributed by atoms with Crippen molar-refractivity contribution in [3.05, 3.63) is 28.2 Å². The van der Waals surface area contributed by atoms with Gasteiger partial charge in [-0.05, 0) is 48.9 Å². The molecule has 1 aromatic rings. The Labute approximate surface area is 123 Å². The summed E-state index contributed by atoms with van der Waals surface area (Å²) in [6.07, 6.45) is 7.32. The fourth-order valence-electron chi connectivity index (χ4n) is 2.73. The summed E-state index contributed by atoms with van der Waals surface area (Å²) in [5, 5.41) is 0.363. The molecule has 0 heterocycles. The van der Waals surface area contributed by atoms with Crippen LogP contribution in [0.4, 0.5) is 0 Å². The Bertz CT molecular complexity index is 394. The fraction of sp³-hybridized carbons (Fsp3) is 0.600. The molecule has 18 heavy (non-hydrogen) atoms. The molecule has 1 fully saturated rings. The van der Waals surface area contributed by atoms with Crippen molar-refractivity contribution < 1.29 is 4.74 Å². The molecule has 2 unspecified atom stereocenters. The highest BCUT2D eigenvalue weighted by atomic mass is 79.9. The molecule has 1 aliphatic carbocycles. The molecule has 2 atom stereocenters. The molecule has 1 saturated carbocycles. The largest absolute Gasteiger partial charge is 0.497 e. The highest BCUT2D eigenvalue weighted by Crippen LogP contribution is 2.32. The van der Waals surface area contributed by atoms with E-state index in [0.717, 1.165) is 18.6 Å². The van der Waals surface area contributed by atoms with Gasteiger partial charge < -0.3 is 4.74 Å². The molecule has 3 heteroatoms. The quantitative estimate of drug-likeness (QED) is 0.547. The molecule has 0 N–H and O–H groups in total. The SMILES string of the molecule is COc1ccc(Br)c(CC2CCCCC(Cl)C2)c1. The summed E-state index contributed by atoms with van der Waals surface area (Å²) in [5.41, 5.74) is 1.34. The minimum Gasteiger partial charge on any atom is -0.497 e. The molecule has 1 nitrogen and oxygen atoms in total. The first-order valence-corrected chi connectivity index (χ1v) is 7.88. The van der Waals surface area contributed by atoms with Crippen LogP contribution in [0.2, 0.25) is 0 Å². The standard InChI is InChI=1S/C15H20BrClO/c1-18-14-6-7-15(16)12(10-14)8-11-4-2-3-5-13(17)9-11/h6-7,10-11,13H,2-5,8-9H2,1H3. The van der Waals surface area contributed by atoms with Gasteiger partial charge in [0.25, 0.3) is 0 Å². The monoisotopic (exact) mass is 330 g/mol. The summed E-state index contributed by atoms with van der Waals surface area (Å²) in [4.78, 5) is 0. The van der Waals surface area contributed by atoms with Gasteiger partial charge in [-0.25, -0.2) is 0 Å². The summed E-state index contributed by atoms with van der Waals surface area (Å²) >= 11 is 9.98. The molecule has 0 aliphatic heterocycles. The van der Waals surface area contributed by atoms with E-state index < -0.39 is 0 Å². The van der Waals surface area contributed by atoms with Crippen LogP contribution in [0.5, 0.6) is 5.75 Å². The average Bonchev–Trinajstić information content (AvgIpc) is 2.56. The van der Waals surface area contributed by atoms with Gasteiger partial charge in [0.05, 0.1) is 7.11 Å². The lowest BCUT2D eigenvalue weighted by Gasteiger charge is -2.17. The minimum atomic E-state index is 0.363. The van der Waals surface area contributed by atoms with Gasteiger partial charge in [-0.15, -0.1) is 11.6 Å². The maximum atomic E-state index is 6.34. The van der Waals surface area contributed by atoms with E-state index in [9.17, 15) is 0 Å². The summed E-state index contributed by atoms with van der Waals surface area (Å²) in [5.74, 6) is 1.64. The summed E-state index contributed by atoms with van der Waals surface area (Å²) in [6, 6.07) is 6.20. The lowest BCUT2D eigenvalue weighted by atomic mass is 9.92. The highest BCUT2D eigenvalue weighted by molar-refractivity contribution is 9.10. The number of benzene rings is 1. The molecule has 2 rings (SSSR count). The second-order valence-electron chi connectivity index (χ2n) is 5.14. The molecule has 0 bridgehead atoms. The van der Waals surface area contributed by atoms with Crippen LogP contribution in [0, 0.1) is 5.92 Å². The average molecular weight is 332 g/mol. The van der Waals surface area contributed by atoms with Gasteiger partial charge in [0.2, 0.25) is 0 Å². The van der Waals surface area contributed by atoms with Crippen LogP contribution < -0.4 is 4.74 Å². The number of methoxy groups -OCH3 is 1. The molecule has 0 saturated heterocycles. The zero-order valence-corrected chi connectivity index (χ0v) is 13.1. The molecule has 1 aromatic carbocycles. The minimum absolute atomic E-state index is 0.363. The third kappa shape index (κ3) is 3.89. The molecule has 0 radical (unpaired) electrons. The van der Waals surface area contributed by atoms with E-state index in [2.05, 4.69) is 28.1 Å². The van der Waals surface area contributed by atoms with E-state index >= 15 is 0 Å². The molecule has 0 spiro atoms. The van der Waals surface area contributed by atoms with Crippen LogP contribution in [0.1, 0.15) is 37.7 Å². The van der Waals surface area contributed by atoms with Gasteiger partial charge in [0, 0.05) is 9.85 Å². The van der Waals surface area contributed by atoms with Crippen molar-refractivity contribution in [2.24, 2.45) is 5.92 Å². The van der Waals surface area contributed by atoms with Crippen LogP contribution in [-0.4, -0.2) is 12.5 Å². The molecule has 0 amide bonds. The van der Waals surface area contributed by atoms with Gasteiger partial charge >= 0.3 is 0 Å². The fourth-order valence-corrected chi connectivity index (χ4v) is 3.54. The number of rotatable bonds is 3. The van der Waals surface area contributed by atoms with Gasteiger partial charge in [-0.2, -0.15) is 0 Å². The number of alkyl halides is 1. The summed E-state index contributed by atoms with van der Waals surface area (Å²) in [7, 11) is 1.72. The van der Waals surface area contributed by atoms with E-state index in [0.29, 0.717) is 11.3 Å². The van der Waals surface area contributed by atoms with Gasteiger partial charge in [-0.1, -0.05) is 35.2 Å². The van der Waals surface area contributed by atoms with Crippen molar-refractivity contribution in [1.29, 1.82) is 0 Å². The van der Waals surface area contributed by atoms with Crippen molar-refractivity contribution in [3.8, 4) is 5.75 Å². The lowest BCUT2D eigenvalue weighted by molar-refractivity contribution is 0.412. The van der Waals surface area contributed by atoms with Crippen molar-refractivity contribution in [2.75, 3.05) is 7.11 Å². The topological polar surface area (TPSA) is 9.23 Å². The van der Waals surface area contributed by atoms with Crippen molar-refractivity contribution in [2.45, 2.75) is 43.9 Å². The van der Waals surface area contributed by atoms with Gasteiger partial charge in [-0.3, -0.25) is 0 Å². The molecule has 0 aromatic heterocycles. The number of hydrogen-bond acceptors (Lipinski definition) is 1. The third-order valence-electron chi connectivity index (χ3n) is 3.73. The Morgan fingerprint density at radius 3 is 2.89 bits per heavy atom. The normalized spacial score (nSPS) is 24.6. The van der Waals surface area contributed by atoms with Crippen LogP contribution in [0.3, 0.4) is 0 Å². The Hall–Kier alpha value is -0.210. The maximum absolute atomic E-state index is 6.34. The van der Waals surface area contributed by atoms with Gasteiger partial charge in [0.15, 0.2) is 0 Å². The van der Waals surface area contributed by atoms with E-state index in [-0.39, 0.29) is 0 Å². The maximum Gasteiger partial charge on any atom is 0.119 e. The van der Waals surface area contributed by atoms with Crippen LogP contribution in [-0.2, 0) is 6.42 Å². The van der Waals surface area contributed by atoms with Crippen LogP contribution >= 0.6 is 27.5 Å². The summed E-state index contributed by atoms with van der Waals surface area (Å²) in [6.45, 7) is 0. The molecule has 1 aliphatic rings.